The molecule has 0 unspecified atom stereocenters. The maximum absolute atomic E-state index is 12.2. The average molecular weight is 422 g/mol. The monoisotopic (exact) mass is 421 g/mol. The molecule has 0 saturated carbocycles. The summed E-state index contributed by atoms with van der Waals surface area (Å²) in [5, 5.41) is 3.26. The molecule has 2 heterocycles. The van der Waals surface area contributed by atoms with Crippen LogP contribution in [-0.2, 0) is 11.3 Å². The Morgan fingerprint density at radius 2 is 1.75 bits per heavy atom. The molecule has 1 saturated heterocycles. The van der Waals surface area contributed by atoms with Gasteiger partial charge in [0, 0.05) is 25.2 Å². The molecule has 3 rings (SSSR count). The van der Waals surface area contributed by atoms with Crippen molar-refractivity contribution < 1.29 is 14.3 Å². The molecule has 0 radical (unpaired) electrons. The number of pyridine rings is 1. The zero-order chi connectivity index (χ0) is 19.9. The number of hydrogen-bond donors (Lipinski definition) is 1. The Kier molecular flexibility index (Phi) is 7.12. The molecule has 1 aromatic heterocycles. The van der Waals surface area contributed by atoms with Crippen LogP contribution in [0.1, 0.15) is 28.8 Å². The maximum atomic E-state index is 12.2. The summed E-state index contributed by atoms with van der Waals surface area (Å²) >= 11 is 11.7. The van der Waals surface area contributed by atoms with Gasteiger partial charge in [0.1, 0.15) is 16.9 Å². The summed E-state index contributed by atoms with van der Waals surface area (Å²) < 4.78 is 5.37. The van der Waals surface area contributed by atoms with Crippen LogP contribution in [0.15, 0.2) is 42.5 Å². The van der Waals surface area contributed by atoms with Crippen LogP contribution in [0, 0.1) is 5.92 Å². The van der Waals surface area contributed by atoms with Gasteiger partial charge >= 0.3 is 6.09 Å². The summed E-state index contributed by atoms with van der Waals surface area (Å²) in [6, 6.07) is 12.6. The number of benzene rings is 1. The van der Waals surface area contributed by atoms with Crippen LogP contribution in [0.25, 0.3) is 0 Å². The number of nitrogens with one attached hydrogen (secondary N) is 1. The standard InChI is InChI=1S/C20H21Cl2N3O3/c21-17-10-16(11-18(22)24-17)19(26)23-12-14-6-8-25(9-7-14)20(27)28-13-15-4-2-1-3-5-15/h1-5,10-11,14H,6-9,12-13H2,(H,23,26). The molecular formula is C20H21Cl2N3O3. The molecular weight excluding hydrogens is 401 g/mol. The van der Waals surface area contributed by atoms with E-state index in [2.05, 4.69) is 10.3 Å². The van der Waals surface area contributed by atoms with E-state index in [-0.39, 0.29) is 28.9 Å². The fourth-order valence-corrected chi connectivity index (χ4v) is 3.53. The Bertz CT molecular complexity index is 804. The predicted molar refractivity (Wildman–Crippen MR) is 108 cm³/mol. The molecule has 0 spiro atoms. The zero-order valence-electron chi connectivity index (χ0n) is 15.2. The van der Waals surface area contributed by atoms with Crippen LogP contribution in [0.4, 0.5) is 4.79 Å². The summed E-state index contributed by atoms with van der Waals surface area (Å²) in [6.45, 7) is 2.03. The SMILES string of the molecule is O=C(NCC1CCN(C(=O)OCc2ccccc2)CC1)c1cc(Cl)nc(Cl)c1. The molecule has 1 aliphatic heterocycles. The average Bonchev–Trinajstić information content (AvgIpc) is 2.70. The number of carbonyl (C=O) groups excluding carboxylic acids is 2. The molecule has 6 nitrogen and oxygen atoms in total. The van der Waals surface area contributed by atoms with E-state index in [4.69, 9.17) is 27.9 Å². The van der Waals surface area contributed by atoms with Crippen molar-refractivity contribution in [3.05, 3.63) is 63.9 Å². The third-order valence-electron chi connectivity index (χ3n) is 4.65. The predicted octanol–water partition coefficient (Wildman–Crippen LogP) is 4.17. The highest BCUT2D eigenvalue weighted by atomic mass is 35.5. The van der Waals surface area contributed by atoms with Gasteiger partial charge in [-0.05, 0) is 36.5 Å². The number of nitrogens with zero attached hydrogens (tertiary/aromatic N) is 2. The molecule has 1 fully saturated rings. The quantitative estimate of drug-likeness (QED) is 0.735. The summed E-state index contributed by atoms with van der Waals surface area (Å²) in [7, 11) is 0. The minimum absolute atomic E-state index is 0.181. The molecule has 0 bridgehead atoms. The number of rotatable bonds is 5. The van der Waals surface area contributed by atoms with Gasteiger partial charge < -0.3 is 15.0 Å². The van der Waals surface area contributed by atoms with Crippen molar-refractivity contribution in [3.63, 3.8) is 0 Å². The number of aromatic nitrogens is 1. The smallest absolute Gasteiger partial charge is 0.410 e. The third kappa shape index (κ3) is 5.84. The number of hydrogen-bond acceptors (Lipinski definition) is 4. The molecule has 8 heteroatoms. The van der Waals surface area contributed by atoms with Crippen LogP contribution in [0.3, 0.4) is 0 Å². The highest BCUT2D eigenvalue weighted by Gasteiger charge is 2.24. The van der Waals surface area contributed by atoms with Gasteiger partial charge in [-0.1, -0.05) is 53.5 Å². The van der Waals surface area contributed by atoms with Crippen molar-refractivity contribution in [1.82, 2.24) is 15.2 Å². The van der Waals surface area contributed by atoms with Crippen molar-refractivity contribution in [2.75, 3.05) is 19.6 Å². The lowest BCUT2D eigenvalue weighted by Crippen LogP contribution is -2.41. The highest BCUT2D eigenvalue weighted by Crippen LogP contribution is 2.19. The van der Waals surface area contributed by atoms with Crippen LogP contribution >= 0.6 is 23.2 Å². The second-order valence-electron chi connectivity index (χ2n) is 6.68. The second-order valence-corrected chi connectivity index (χ2v) is 7.46. The normalized spacial score (nSPS) is 14.6. The number of likely N-dealkylation sites (tertiary alicyclic amines) is 1. The number of halogens is 2. The highest BCUT2D eigenvalue weighted by molar-refractivity contribution is 6.33. The summed E-state index contributed by atoms with van der Waals surface area (Å²) in [5.74, 6) is 0.0609. The largest absolute Gasteiger partial charge is 0.445 e. The van der Waals surface area contributed by atoms with E-state index in [1.165, 1.54) is 12.1 Å². The number of ether oxygens (including phenoxy) is 1. The maximum Gasteiger partial charge on any atom is 0.410 e. The zero-order valence-corrected chi connectivity index (χ0v) is 16.7. The van der Waals surface area contributed by atoms with Crippen molar-refractivity contribution in [2.45, 2.75) is 19.4 Å². The van der Waals surface area contributed by atoms with Crippen molar-refractivity contribution in [1.29, 1.82) is 0 Å². The molecule has 0 aliphatic carbocycles. The van der Waals surface area contributed by atoms with E-state index in [1.807, 2.05) is 30.3 Å². The van der Waals surface area contributed by atoms with Gasteiger partial charge in [-0.25, -0.2) is 9.78 Å². The summed E-state index contributed by atoms with van der Waals surface area (Å²) in [6.07, 6.45) is 1.31. The van der Waals surface area contributed by atoms with Gasteiger partial charge in [-0.3, -0.25) is 4.79 Å². The lowest BCUT2D eigenvalue weighted by Gasteiger charge is -2.31. The van der Waals surface area contributed by atoms with Gasteiger partial charge in [-0.2, -0.15) is 0 Å². The first-order valence-corrected chi connectivity index (χ1v) is 9.84. The van der Waals surface area contributed by atoms with Crippen molar-refractivity contribution in [3.8, 4) is 0 Å². The molecule has 2 amide bonds. The van der Waals surface area contributed by atoms with Gasteiger partial charge in [-0.15, -0.1) is 0 Å². The lowest BCUT2D eigenvalue weighted by atomic mass is 9.97. The number of amides is 2. The Morgan fingerprint density at radius 1 is 1.11 bits per heavy atom. The van der Waals surface area contributed by atoms with Gasteiger partial charge in [0.25, 0.3) is 5.91 Å². The lowest BCUT2D eigenvalue weighted by molar-refractivity contribution is 0.0801. The van der Waals surface area contributed by atoms with Crippen LogP contribution in [0.2, 0.25) is 10.3 Å². The second kappa shape index (κ2) is 9.75. The summed E-state index contributed by atoms with van der Waals surface area (Å²) in [4.78, 5) is 30.0. The Morgan fingerprint density at radius 3 is 2.39 bits per heavy atom. The van der Waals surface area contributed by atoms with E-state index in [0.717, 1.165) is 18.4 Å². The van der Waals surface area contributed by atoms with Crippen LogP contribution in [0.5, 0.6) is 0 Å². The van der Waals surface area contributed by atoms with E-state index in [0.29, 0.717) is 31.1 Å². The topological polar surface area (TPSA) is 71.5 Å². The first-order chi connectivity index (χ1) is 13.5. The fourth-order valence-electron chi connectivity index (χ4n) is 3.07. The minimum Gasteiger partial charge on any atom is -0.445 e. The molecule has 1 aromatic carbocycles. The molecule has 1 N–H and O–H groups in total. The fraction of sp³-hybridized carbons (Fsp3) is 0.350. The van der Waals surface area contributed by atoms with Gasteiger partial charge in [0.15, 0.2) is 0 Å². The molecule has 0 atom stereocenters. The Labute approximate surface area is 173 Å². The Balaban J connectivity index is 1.40. The van der Waals surface area contributed by atoms with Crippen molar-refractivity contribution in [2.24, 2.45) is 5.92 Å². The Hall–Kier alpha value is -2.31. The summed E-state index contributed by atoms with van der Waals surface area (Å²) in [5.41, 5.74) is 1.34. The number of piperidine rings is 1. The van der Waals surface area contributed by atoms with Crippen LogP contribution in [-0.4, -0.2) is 41.5 Å². The number of carbonyl (C=O) groups is 2. The van der Waals surface area contributed by atoms with E-state index >= 15 is 0 Å². The third-order valence-corrected chi connectivity index (χ3v) is 5.04. The van der Waals surface area contributed by atoms with E-state index < -0.39 is 0 Å². The molecule has 2 aromatic rings. The van der Waals surface area contributed by atoms with E-state index in [9.17, 15) is 9.59 Å². The minimum atomic E-state index is -0.299. The van der Waals surface area contributed by atoms with Gasteiger partial charge in [0.2, 0.25) is 0 Å². The van der Waals surface area contributed by atoms with Crippen LogP contribution < -0.4 is 5.32 Å². The van der Waals surface area contributed by atoms with Crippen molar-refractivity contribution >= 4 is 35.2 Å². The first-order valence-electron chi connectivity index (χ1n) is 9.08. The molecule has 1 aliphatic rings. The molecule has 148 valence electrons. The van der Waals surface area contributed by atoms with Gasteiger partial charge in [0.05, 0.1) is 0 Å². The molecule has 28 heavy (non-hydrogen) atoms. The van der Waals surface area contributed by atoms with E-state index in [1.54, 1.807) is 4.90 Å². The first kappa shape index (κ1) is 20.4.